The molecule has 106 valence electrons. The predicted octanol–water partition coefficient (Wildman–Crippen LogP) is 1.03. The summed E-state index contributed by atoms with van der Waals surface area (Å²) in [5, 5.41) is 3.28. The van der Waals surface area contributed by atoms with Crippen molar-refractivity contribution in [2.24, 2.45) is 0 Å². The van der Waals surface area contributed by atoms with Gasteiger partial charge in [-0.15, -0.1) is 6.42 Å². The topological polar surface area (TPSA) is 41.6 Å². The van der Waals surface area contributed by atoms with Crippen molar-refractivity contribution in [2.75, 3.05) is 26.2 Å². The molecule has 0 amide bonds. The largest absolute Gasteiger partial charge is 0.460 e. The highest BCUT2D eigenvalue weighted by atomic mass is 16.5. The molecule has 1 aliphatic heterocycles. The number of terminal acetylenes is 1. The van der Waals surface area contributed by atoms with E-state index in [0.29, 0.717) is 6.61 Å². The van der Waals surface area contributed by atoms with Crippen LogP contribution in [0.4, 0.5) is 0 Å². The van der Waals surface area contributed by atoms with Crippen LogP contribution in [0.3, 0.4) is 0 Å². The smallest absolute Gasteiger partial charge is 0.320 e. The molecule has 1 fully saturated rings. The van der Waals surface area contributed by atoms with Gasteiger partial charge in [0.05, 0.1) is 12.6 Å². The third-order valence-corrected chi connectivity index (χ3v) is 3.38. The molecule has 2 rings (SSSR count). The molecule has 1 aliphatic rings. The van der Waals surface area contributed by atoms with Crippen molar-refractivity contribution >= 4 is 5.97 Å². The Balaban J connectivity index is 1.82. The molecule has 1 atom stereocenters. The molecule has 1 aromatic carbocycles. The zero-order valence-electron chi connectivity index (χ0n) is 11.5. The highest BCUT2D eigenvalue weighted by Crippen LogP contribution is 2.07. The SMILES string of the molecule is C#C[C@@H]1CCNCCN1CC(=O)OCc1ccccc1. The van der Waals surface area contributed by atoms with E-state index < -0.39 is 0 Å². The number of hydrogen-bond donors (Lipinski definition) is 1. The van der Waals surface area contributed by atoms with Gasteiger partial charge in [-0.3, -0.25) is 9.69 Å². The van der Waals surface area contributed by atoms with Crippen LogP contribution in [-0.4, -0.2) is 43.1 Å². The molecule has 1 saturated heterocycles. The summed E-state index contributed by atoms with van der Waals surface area (Å²) >= 11 is 0. The molecule has 0 saturated carbocycles. The second kappa shape index (κ2) is 7.68. The first kappa shape index (κ1) is 14.6. The summed E-state index contributed by atoms with van der Waals surface area (Å²) < 4.78 is 5.29. The number of carbonyl (C=O) groups excluding carboxylic acids is 1. The number of ether oxygens (including phenoxy) is 1. The molecule has 1 heterocycles. The molecule has 1 aromatic rings. The van der Waals surface area contributed by atoms with Crippen molar-refractivity contribution in [1.29, 1.82) is 0 Å². The van der Waals surface area contributed by atoms with Gasteiger partial charge < -0.3 is 10.1 Å². The normalized spacial score (nSPS) is 19.9. The number of rotatable bonds is 4. The summed E-state index contributed by atoms with van der Waals surface area (Å²) in [4.78, 5) is 13.9. The molecule has 0 unspecified atom stereocenters. The fraction of sp³-hybridized carbons (Fsp3) is 0.438. The highest BCUT2D eigenvalue weighted by Gasteiger charge is 2.21. The van der Waals surface area contributed by atoms with Crippen LogP contribution in [0, 0.1) is 12.3 Å². The van der Waals surface area contributed by atoms with Gasteiger partial charge in [-0.1, -0.05) is 36.3 Å². The Morgan fingerprint density at radius 3 is 2.95 bits per heavy atom. The summed E-state index contributed by atoms with van der Waals surface area (Å²) in [5.74, 6) is 2.53. The quantitative estimate of drug-likeness (QED) is 0.656. The molecular formula is C16H20N2O2. The number of carbonyl (C=O) groups is 1. The van der Waals surface area contributed by atoms with E-state index >= 15 is 0 Å². The molecule has 0 spiro atoms. The summed E-state index contributed by atoms with van der Waals surface area (Å²) in [6, 6.07) is 9.68. The van der Waals surface area contributed by atoms with E-state index in [0.717, 1.165) is 31.6 Å². The van der Waals surface area contributed by atoms with E-state index in [2.05, 4.69) is 11.2 Å². The third kappa shape index (κ3) is 4.37. The van der Waals surface area contributed by atoms with Crippen molar-refractivity contribution in [1.82, 2.24) is 10.2 Å². The Bertz CT molecular complexity index is 467. The van der Waals surface area contributed by atoms with E-state index in [1.807, 2.05) is 35.2 Å². The van der Waals surface area contributed by atoms with Crippen LogP contribution in [0.5, 0.6) is 0 Å². The van der Waals surface area contributed by atoms with Gasteiger partial charge >= 0.3 is 5.97 Å². The van der Waals surface area contributed by atoms with Crippen LogP contribution in [0.1, 0.15) is 12.0 Å². The van der Waals surface area contributed by atoms with Gasteiger partial charge in [0.25, 0.3) is 0 Å². The summed E-state index contributed by atoms with van der Waals surface area (Å²) in [6.45, 7) is 3.08. The van der Waals surface area contributed by atoms with Crippen LogP contribution < -0.4 is 5.32 Å². The van der Waals surface area contributed by atoms with Gasteiger partial charge in [0.2, 0.25) is 0 Å². The van der Waals surface area contributed by atoms with Gasteiger partial charge in [0.15, 0.2) is 0 Å². The second-order valence-electron chi connectivity index (χ2n) is 4.84. The zero-order valence-corrected chi connectivity index (χ0v) is 11.5. The van der Waals surface area contributed by atoms with Crippen LogP contribution in [-0.2, 0) is 16.1 Å². The Kier molecular flexibility index (Phi) is 5.60. The third-order valence-electron chi connectivity index (χ3n) is 3.38. The monoisotopic (exact) mass is 272 g/mol. The van der Waals surface area contributed by atoms with Crippen LogP contribution in [0.15, 0.2) is 30.3 Å². The van der Waals surface area contributed by atoms with Crippen LogP contribution >= 0.6 is 0 Å². The first-order valence-corrected chi connectivity index (χ1v) is 6.90. The molecule has 4 nitrogen and oxygen atoms in total. The molecule has 0 radical (unpaired) electrons. The summed E-state index contributed by atoms with van der Waals surface area (Å²) in [7, 11) is 0. The maximum absolute atomic E-state index is 11.9. The lowest BCUT2D eigenvalue weighted by Gasteiger charge is -2.24. The number of hydrogen-bond acceptors (Lipinski definition) is 4. The number of esters is 1. The fourth-order valence-electron chi connectivity index (χ4n) is 2.25. The van der Waals surface area contributed by atoms with Crippen LogP contribution in [0.25, 0.3) is 0 Å². The Morgan fingerprint density at radius 2 is 2.20 bits per heavy atom. The molecule has 20 heavy (non-hydrogen) atoms. The predicted molar refractivity (Wildman–Crippen MR) is 77.9 cm³/mol. The van der Waals surface area contributed by atoms with Crippen molar-refractivity contribution < 1.29 is 9.53 Å². The molecular weight excluding hydrogens is 252 g/mol. The van der Waals surface area contributed by atoms with Gasteiger partial charge in [-0.2, -0.15) is 0 Å². The van der Waals surface area contributed by atoms with E-state index in [1.165, 1.54) is 0 Å². The number of nitrogens with zero attached hydrogens (tertiary/aromatic N) is 1. The molecule has 0 aromatic heterocycles. The summed E-state index contributed by atoms with van der Waals surface area (Å²) in [5.41, 5.74) is 0.992. The van der Waals surface area contributed by atoms with E-state index in [-0.39, 0.29) is 18.6 Å². The summed E-state index contributed by atoms with van der Waals surface area (Å²) in [6.07, 6.45) is 6.40. The fourth-order valence-corrected chi connectivity index (χ4v) is 2.25. The molecule has 1 N–H and O–H groups in total. The molecule has 0 bridgehead atoms. The van der Waals surface area contributed by atoms with E-state index in [1.54, 1.807) is 0 Å². The molecule has 4 heteroatoms. The Hall–Kier alpha value is -1.83. The van der Waals surface area contributed by atoms with Gasteiger partial charge in [-0.25, -0.2) is 0 Å². The minimum absolute atomic E-state index is 0.00859. The lowest BCUT2D eigenvalue weighted by atomic mass is 10.2. The Morgan fingerprint density at radius 1 is 1.40 bits per heavy atom. The first-order chi connectivity index (χ1) is 9.79. The lowest BCUT2D eigenvalue weighted by Crippen LogP contribution is -2.39. The number of benzene rings is 1. The van der Waals surface area contributed by atoms with Crippen molar-refractivity contribution in [3.8, 4) is 12.3 Å². The highest BCUT2D eigenvalue weighted by molar-refractivity contribution is 5.71. The standard InChI is InChI=1S/C16H20N2O2/c1-2-15-8-9-17-10-11-18(15)12-16(19)20-13-14-6-4-3-5-7-14/h1,3-7,15,17H,8-13H2/t15-/m1/s1. The van der Waals surface area contributed by atoms with Gasteiger partial charge in [0.1, 0.15) is 6.61 Å². The van der Waals surface area contributed by atoms with Gasteiger partial charge in [0, 0.05) is 13.1 Å². The number of nitrogens with one attached hydrogen (secondary N) is 1. The van der Waals surface area contributed by atoms with Crippen LogP contribution in [0.2, 0.25) is 0 Å². The minimum atomic E-state index is -0.226. The average Bonchev–Trinajstić information content (AvgIpc) is 2.71. The van der Waals surface area contributed by atoms with Gasteiger partial charge in [-0.05, 0) is 18.5 Å². The first-order valence-electron chi connectivity index (χ1n) is 6.90. The maximum atomic E-state index is 11.9. The second-order valence-corrected chi connectivity index (χ2v) is 4.84. The Labute approximate surface area is 120 Å². The van der Waals surface area contributed by atoms with Crippen molar-refractivity contribution in [2.45, 2.75) is 19.1 Å². The maximum Gasteiger partial charge on any atom is 0.320 e. The average molecular weight is 272 g/mol. The zero-order chi connectivity index (χ0) is 14.2. The minimum Gasteiger partial charge on any atom is -0.460 e. The molecule has 0 aliphatic carbocycles. The van der Waals surface area contributed by atoms with E-state index in [9.17, 15) is 4.79 Å². The van der Waals surface area contributed by atoms with Crippen molar-refractivity contribution in [3.63, 3.8) is 0 Å². The van der Waals surface area contributed by atoms with Crippen molar-refractivity contribution in [3.05, 3.63) is 35.9 Å². The lowest BCUT2D eigenvalue weighted by molar-refractivity contribution is -0.146. The van der Waals surface area contributed by atoms with E-state index in [4.69, 9.17) is 11.2 Å².